The Morgan fingerprint density at radius 3 is 2.89 bits per heavy atom. The van der Waals surface area contributed by atoms with Crippen LogP contribution in [-0.2, 0) is 9.53 Å². The fourth-order valence-corrected chi connectivity index (χ4v) is 1.63. The summed E-state index contributed by atoms with van der Waals surface area (Å²) in [4.78, 5) is 13.6. The topological polar surface area (TPSA) is 67.6 Å². The lowest BCUT2D eigenvalue weighted by Crippen LogP contribution is -2.31. The van der Waals surface area contributed by atoms with Gasteiger partial charge in [-0.2, -0.15) is 0 Å². The van der Waals surface area contributed by atoms with Crippen LogP contribution in [0.4, 0.5) is 15.8 Å². The van der Waals surface area contributed by atoms with Crippen LogP contribution in [0.25, 0.3) is 0 Å². The Hall–Kier alpha value is -1.66. The molecule has 3 N–H and O–H groups in total. The number of halogens is 1. The number of hydrogen-bond donors (Lipinski definition) is 2. The van der Waals surface area contributed by atoms with E-state index in [-0.39, 0.29) is 18.1 Å². The fraction of sp³-hybridized carbons (Fsp3) is 0.462. The van der Waals surface area contributed by atoms with Crippen molar-refractivity contribution in [2.45, 2.75) is 6.42 Å². The van der Waals surface area contributed by atoms with Gasteiger partial charge in [0.25, 0.3) is 0 Å². The average Bonchev–Trinajstić information content (AvgIpc) is 2.34. The molecule has 19 heavy (non-hydrogen) atoms. The van der Waals surface area contributed by atoms with Crippen LogP contribution in [0.15, 0.2) is 18.2 Å². The maximum atomic E-state index is 13.0. The summed E-state index contributed by atoms with van der Waals surface area (Å²) >= 11 is 0. The Bertz CT molecular complexity index is 426. The first-order valence-corrected chi connectivity index (χ1v) is 6.05. The lowest BCUT2D eigenvalue weighted by Gasteiger charge is -2.16. The van der Waals surface area contributed by atoms with E-state index in [0.717, 1.165) is 13.0 Å². The van der Waals surface area contributed by atoms with Crippen molar-refractivity contribution in [1.29, 1.82) is 0 Å². The second-order valence-electron chi connectivity index (χ2n) is 4.37. The van der Waals surface area contributed by atoms with Crippen molar-refractivity contribution >= 4 is 17.3 Å². The van der Waals surface area contributed by atoms with Gasteiger partial charge in [-0.05, 0) is 31.7 Å². The average molecular weight is 269 g/mol. The number of methoxy groups -OCH3 is 1. The van der Waals surface area contributed by atoms with E-state index in [4.69, 9.17) is 10.5 Å². The molecule has 0 unspecified atom stereocenters. The first-order chi connectivity index (χ1) is 9.02. The molecule has 6 heteroatoms. The zero-order valence-electron chi connectivity index (χ0n) is 11.3. The molecule has 1 rings (SSSR count). The predicted molar refractivity (Wildman–Crippen MR) is 73.4 cm³/mol. The number of rotatable bonds is 7. The van der Waals surface area contributed by atoms with Gasteiger partial charge in [-0.3, -0.25) is 9.69 Å². The molecule has 0 atom stereocenters. The summed E-state index contributed by atoms with van der Waals surface area (Å²) in [5.41, 5.74) is 5.94. The number of nitrogens with two attached hydrogens (primary N) is 1. The van der Waals surface area contributed by atoms with E-state index >= 15 is 0 Å². The van der Waals surface area contributed by atoms with Gasteiger partial charge in [-0.15, -0.1) is 0 Å². The summed E-state index contributed by atoms with van der Waals surface area (Å²) in [5.74, 6) is -0.652. The molecule has 1 amide bonds. The molecule has 1 aromatic rings. The number of carbonyl (C=O) groups is 1. The summed E-state index contributed by atoms with van der Waals surface area (Å²) in [5, 5.41) is 2.67. The lowest BCUT2D eigenvalue weighted by molar-refractivity contribution is -0.117. The predicted octanol–water partition coefficient (Wildman–Crippen LogP) is 1.31. The third-order valence-electron chi connectivity index (χ3n) is 2.58. The highest BCUT2D eigenvalue weighted by Crippen LogP contribution is 2.16. The highest BCUT2D eigenvalue weighted by molar-refractivity contribution is 5.92. The number of likely N-dealkylation sites (N-methyl/N-ethyl adjacent to an activating group) is 1. The van der Waals surface area contributed by atoms with Crippen molar-refractivity contribution in [3.63, 3.8) is 0 Å². The van der Waals surface area contributed by atoms with Gasteiger partial charge in [0, 0.05) is 25.9 Å². The standard InChI is InChI=1S/C13H20FN3O2/c1-17(6-3-7-19-2)9-13(18)16-10-4-5-11(14)12(15)8-10/h4-5,8H,3,6-7,9,15H2,1-2H3,(H,16,18). The first-order valence-electron chi connectivity index (χ1n) is 6.05. The highest BCUT2D eigenvalue weighted by Gasteiger charge is 2.07. The van der Waals surface area contributed by atoms with E-state index in [0.29, 0.717) is 12.3 Å². The molecule has 1 aromatic carbocycles. The lowest BCUT2D eigenvalue weighted by atomic mass is 10.2. The summed E-state index contributed by atoms with van der Waals surface area (Å²) in [7, 11) is 3.50. The van der Waals surface area contributed by atoms with Gasteiger partial charge in [-0.25, -0.2) is 4.39 Å². The second-order valence-corrected chi connectivity index (χ2v) is 4.37. The van der Waals surface area contributed by atoms with Crippen LogP contribution in [0.1, 0.15) is 6.42 Å². The molecular weight excluding hydrogens is 249 g/mol. The van der Waals surface area contributed by atoms with Crippen molar-refractivity contribution in [3.05, 3.63) is 24.0 Å². The van der Waals surface area contributed by atoms with Gasteiger partial charge in [0.15, 0.2) is 0 Å². The normalized spacial score (nSPS) is 10.7. The van der Waals surface area contributed by atoms with Gasteiger partial charge >= 0.3 is 0 Å². The number of nitrogens with one attached hydrogen (secondary N) is 1. The van der Waals surface area contributed by atoms with Crippen molar-refractivity contribution in [2.75, 3.05) is 44.9 Å². The van der Waals surface area contributed by atoms with Crippen LogP contribution < -0.4 is 11.1 Å². The van der Waals surface area contributed by atoms with Gasteiger partial charge in [0.1, 0.15) is 5.82 Å². The molecule has 0 spiro atoms. The van der Waals surface area contributed by atoms with Crippen LogP contribution in [0.5, 0.6) is 0 Å². The molecule has 0 aliphatic heterocycles. The molecule has 0 saturated carbocycles. The Kier molecular flexibility index (Phi) is 6.24. The van der Waals surface area contributed by atoms with Gasteiger partial charge in [-0.1, -0.05) is 0 Å². The second kappa shape index (κ2) is 7.70. The van der Waals surface area contributed by atoms with Crippen molar-refractivity contribution in [3.8, 4) is 0 Å². The Labute approximate surface area is 112 Å². The molecule has 0 aliphatic carbocycles. The highest BCUT2D eigenvalue weighted by atomic mass is 19.1. The zero-order chi connectivity index (χ0) is 14.3. The zero-order valence-corrected chi connectivity index (χ0v) is 11.3. The quantitative estimate of drug-likeness (QED) is 0.578. The molecule has 0 aromatic heterocycles. The number of hydrogen-bond acceptors (Lipinski definition) is 4. The van der Waals surface area contributed by atoms with Crippen molar-refractivity contribution in [1.82, 2.24) is 4.90 Å². The summed E-state index contributed by atoms with van der Waals surface area (Å²) in [6.45, 7) is 1.70. The summed E-state index contributed by atoms with van der Waals surface area (Å²) < 4.78 is 17.9. The van der Waals surface area contributed by atoms with E-state index in [2.05, 4.69) is 5.32 Å². The number of nitrogens with zero attached hydrogens (tertiary/aromatic N) is 1. The fourth-order valence-electron chi connectivity index (χ4n) is 1.63. The van der Waals surface area contributed by atoms with E-state index in [1.807, 2.05) is 11.9 Å². The number of ether oxygens (including phenoxy) is 1. The molecule has 0 radical (unpaired) electrons. The van der Waals surface area contributed by atoms with Crippen LogP contribution in [0, 0.1) is 5.82 Å². The van der Waals surface area contributed by atoms with E-state index in [9.17, 15) is 9.18 Å². The molecule has 0 heterocycles. The maximum absolute atomic E-state index is 13.0. The number of anilines is 2. The molecule has 0 saturated heterocycles. The molecular formula is C13H20FN3O2. The van der Waals surface area contributed by atoms with Crippen LogP contribution in [0.3, 0.4) is 0 Å². The third-order valence-corrected chi connectivity index (χ3v) is 2.58. The molecule has 106 valence electrons. The van der Waals surface area contributed by atoms with E-state index in [1.54, 1.807) is 7.11 Å². The van der Waals surface area contributed by atoms with Crippen molar-refractivity contribution < 1.29 is 13.9 Å². The van der Waals surface area contributed by atoms with E-state index < -0.39 is 5.82 Å². The number of carbonyl (C=O) groups excluding carboxylic acids is 1. The van der Waals surface area contributed by atoms with Crippen LogP contribution in [-0.4, -0.2) is 44.7 Å². The summed E-state index contributed by atoms with van der Waals surface area (Å²) in [6, 6.07) is 4.11. The first kappa shape index (κ1) is 15.4. The molecule has 0 fully saturated rings. The smallest absolute Gasteiger partial charge is 0.238 e. The Morgan fingerprint density at radius 1 is 1.53 bits per heavy atom. The minimum Gasteiger partial charge on any atom is -0.396 e. The SMILES string of the molecule is COCCCN(C)CC(=O)Nc1ccc(F)c(N)c1. The van der Waals surface area contributed by atoms with Gasteiger partial charge in [0.2, 0.25) is 5.91 Å². The monoisotopic (exact) mass is 269 g/mol. The van der Waals surface area contributed by atoms with Gasteiger partial charge < -0.3 is 15.8 Å². The largest absolute Gasteiger partial charge is 0.396 e. The molecule has 0 aliphatic rings. The van der Waals surface area contributed by atoms with E-state index in [1.165, 1.54) is 18.2 Å². The minimum atomic E-state index is -0.491. The maximum Gasteiger partial charge on any atom is 0.238 e. The van der Waals surface area contributed by atoms with Crippen molar-refractivity contribution in [2.24, 2.45) is 0 Å². The van der Waals surface area contributed by atoms with Crippen LogP contribution >= 0.6 is 0 Å². The molecule has 5 nitrogen and oxygen atoms in total. The van der Waals surface area contributed by atoms with Gasteiger partial charge in [0.05, 0.1) is 12.2 Å². The third kappa shape index (κ3) is 5.67. The molecule has 0 bridgehead atoms. The number of nitrogen functional groups attached to an aromatic ring is 1. The number of amides is 1. The minimum absolute atomic E-state index is 0.0197. The Balaban J connectivity index is 2.39. The van der Waals surface area contributed by atoms with Crippen LogP contribution in [0.2, 0.25) is 0 Å². The summed E-state index contributed by atoms with van der Waals surface area (Å²) in [6.07, 6.45) is 0.865. The number of benzene rings is 1. The Morgan fingerprint density at radius 2 is 2.26 bits per heavy atom.